The largest absolute Gasteiger partial charge is 0.465 e. The Bertz CT molecular complexity index is 2390. The van der Waals surface area contributed by atoms with E-state index in [4.69, 9.17) is 14.4 Å². The van der Waals surface area contributed by atoms with E-state index in [9.17, 15) is 4.79 Å². The lowest BCUT2D eigenvalue weighted by Gasteiger charge is -2.21. The molecule has 51 heavy (non-hydrogen) atoms. The highest BCUT2D eigenvalue weighted by Crippen LogP contribution is 2.39. The third kappa shape index (κ3) is 6.20. The summed E-state index contributed by atoms with van der Waals surface area (Å²) < 4.78 is 9.72. The zero-order valence-corrected chi connectivity index (χ0v) is 31.3. The molecule has 2 aromatic heterocycles. The van der Waals surface area contributed by atoms with Crippen molar-refractivity contribution in [3.63, 3.8) is 0 Å². The number of hydrogen-bond donors (Lipinski definition) is 0. The molecule has 11 heteroatoms. The molecule has 10 nitrogen and oxygen atoms in total. The van der Waals surface area contributed by atoms with E-state index in [1.165, 1.54) is 17.9 Å². The first kappa shape index (κ1) is 34.2. The minimum absolute atomic E-state index is 0.349. The number of hydrogen-bond acceptors (Lipinski definition) is 8. The number of nitrogens with zero attached hydrogens (tertiary/aromatic N) is 6. The predicted molar refractivity (Wildman–Crippen MR) is 202 cm³/mol. The van der Waals surface area contributed by atoms with Crippen LogP contribution in [0.15, 0.2) is 99.7 Å². The van der Waals surface area contributed by atoms with Crippen molar-refractivity contribution in [3.05, 3.63) is 129 Å². The molecule has 0 fully saturated rings. The number of rotatable bonds is 5. The number of ether oxygens (including phenoxy) is 1. The maximum absolute atomic E-state index is 12.1. The lowest BCUT2D eigenvalue weighted by Crippen LogP contribution is -2.25. The van der Waals surface area contributed by atoms with Gasteiger partial charge in [0.05, 0.1) is 46.9 Å². The van der Waals surface area contributed by atoms with Crippen LogP contribution in [-0.4, -0.2) is 44.1 Å². The number of benzene rings is 4. The quantitative estimate of drug-likeness (QED) is 0.164. The van der Waals surface area contributed by atoms with Crippen LogP contribution in [0.4, 0.5) is 0 Å². The van der Waals surface area contributed by atoms with E-state index in [0.717, 1.165) is 67.0 Å². The van der Waals surface area contributed by atoms with Crippen LogP contribution in [0.25, 0.3) is 21.5 Å². The third-order valence-electron chi connectivity index (χ3n) is 9.63. The topological polar surface area (TPSA) is 105 Å². The van der Waals surface area contributed by atoms with Crippen molar-refractivity contribution in [2.45, 2.75) is 51.7 Å². The van der Waals surface area contributed by atoms with Crippen molar-refractivity contribution >= 4 is 54.9 Å². The Hall–Kier alpha value is -5.29. The summed E-state index contributed by atoms with van der Waals surface area (Å²) in [7, 11) is 5.25. The summed E-state index contributed by atoms with van der Waals surface area (Å²) in [5.41, 5.74) is 7.34. The fourth-order valence-electron chi connectivity index (χ4n) is 7.21. The summed E-state index contributed by atoms with van der Waals surface area (Å²) in [5, 5.41) is 21.8. The Morgan fingerprint density at radius 1 is 0.706 bits per heavy atom. The molecule has 4 heterocycles. The summed E-state index contributed by atoms with van der Waals surface area (Å²) in [6, 6.07) is 28.1. The molecule has 0 saturated carbocycles. The van der Waals surface area contributed by atoms with Crippen molar-refractivity contribution in [2.75, 3.05) is 7.11 Å². The van der Waals surface area contributed by atoms with Crippen LogP contribution < -0.4 is 0 Å². The fourth-order valence-corrected chi connectivity index (χ4v) is 7.68. The molecule has 0 amide bonds. The average molecular weight is 748 g/mol. The van der Waals surface area contributed by atoms with Gasteiger partial charge in [0.25, 0.3) is 0 Å². The van der Waals surface area contributed by atoms with Crippen LogP contribution in [0, 0.1) is 13.8 Å². The van der Waals surface area contributed by atoms with E-state index >= 15 is 0 Å². The molecule has 0 N–H and O–H groups in total. The summed E-state index contributed by atoms with van der Waals surface area (Å²) in [4.78, 5) is 23.9. The second-order valence-corrected chi connectivity index (χ2v) is 14.4. The van der Waals surface area contributed by atoms with Crippen LogP contribution in [-0.2, 0) is 39.7 Å². The van der Waals surface area contributed by atoms with E-state index in [1.807, 2.05) is 86.7 Å². The SMILES string of the molecule is COC(=O)c1ccc(C2=NOC(C)(c3cc(C)nn3C)C2)c2ccccc12.Cc1cc(C2(C)CC(c3ccc(Br)c4ccccc34)=NO2)n(C)n1. The molecule has 260 valence electrons. The van der Waals surface area contributed by atoms with Crippen LogP contribution in [0.2, 0.25) is 0 Å². The summed E-state index contributed by atoms with van der Waals surface area (Å²) in [6.07, 6.45) is 1.34. The highest BCUT2D eigenvalue weighted by atomic mass is 79.9. The van der Waals surface area contributed by atoms with Gasteiger partial charge in [-0.25, -0.2) is 4.79 Å². The second-order valence-electron chi connectivity index (χ2n) is 13.5. The molecule has 0 radical (unpaired) electrons. The highest BCUT2D eigenvalue weighted by Gasteiger charge is 2.41. The van der Waals surface area contributed by atoms with Crippen LogP contribution in [0.5, 0.6) is 0 Å². The first-order valence-corrected chi connectivity index (χ1v) is 17.5. The van der Waals surface area contributed by atoms with Gasteiger partial charge in [0, 0.05) is 42.5 Å². The molecule has 0 saturated heterocycles. The molecule has 2 aliphatic rings. The molecule has 0 aliphatic carbocycles. The average Bonchev–Trinajstić information content (AvgIpc) is 3.90. The molecule has 8 rings (SSSR count). The number of aromatic nitrogens is 4. The van der Waals surface area contributed by atoms with E-state index in [-0.39, 0.29) is 5.97 Å². The van der Waals surface area contributed by atoms with Gasteiger partial charge >= 0.3 is 5.97 Å². The van der Waals surface area contributed by atoms with Gasteiger partial charge in [0.2, 0.25) is 0 Å². The number of oxime groups is 2. The normalized spacial score (nSPS) is 19.6. The lowest BCUT2D eigenvalue weighted by molar-refractivity contribution is -0.0137. The zero-order chi connectivity index (χ0) is 36.1. The second kappa shape index (κ2) is 13.1. The molecule has 2 aliphatic heterocycles. The van der Waals surface area contributed by atoms with Crippen LogP contribution >= 0.6 is 15.9 Å². The van der Waals surface area contributed by atoms with E-state index in [0.29, 0.717) is 12.0 Å². The first-order chi connectivity index (χ1) is 24.4. The Balaban J connectivity index is 0.000000160. The molecular formula is C40H39BrN6O4. The number of halogens is 1. The smallest absolute Gasteiger partial charge is 0.338 e. The molecule has 2 unspecified atom stereocenters. The van der Waals surface area contributed by atoms with Gasteiger partial charge < -0.3 is 14.4 Å². The number of carbonyl (C=O) groups excluding carboxylic acids is 1. The van der Waals surface area contributed by atoms with Gasteiger partial charge in [-0.1, -0.05) is 86.9 Å². The van der Waals surface area contributed by atoms with Crippen molar-refractivity contribution in [3.8, 4) is 0 Å². The lowest BCUT2D eigenvalue weighted by atomic mass is 9.89. The monoisotopic (exact) mass is 746 g/mol. The van der Waals surface area contributed by atoms with E-state index in [1.54, 1.807) is 6.07 Å². The van der Waals surface area contributed by atoms with Gasteiger partial charge in [-0.2, -0.15) is 10.2 Å². The first-order valence-electron chi connectivity index (χ1n) is 16.7. The Kier molecular flexibility index (Phi) is 8.79. The molecule has 4 aromatic carbocycles. The van der Waals surface area contributed by atoms with Gasteiger partial charge in [-0.05, 0) is 73.5 Å². The number of fused-ring (bicyclic) bond motifs is 2. The molecule has 6 aromatic rings. The number of methoxy groups -OCH3 is 1. The minimum atomic E-state index is -0.576. The third-order valence-corrected chi connectivity index (χ3v) is 10.3. The molecular weight excluding hydrogens is 708 g/mol. The molecule has 0 spiro atoms. The number of esters is 1. The summed E-state index contributed by atoms with van der Waals surface area (Å²) >= 11 is 3.63. The van der Waals surface area contributed by atoms with Gasteiger partial charge in [-0.15, -0.1) is 0 Å². The Morgan fingerprint density at radius 3 is 1.63 bits per heavy atom. The van der Waals surface area contributed by atoms with Crippen molar-refractivity contribution < 1.29 is 19.2 Å². The fraction of sp³-hybridized carbons (Fsp3) is 0.275. The molecule has 0 bridgehead atoms. The van der Waals surface area contributed by atoms with Gasteiger partial charge in [0.1, 0.15) is 0 Å². The number of aryl methyl sites for hydroxylation is 4. The Labute approximate surface area is 304 Å². The van der Waals surface area contributed by atoms with Gasteiger partial charge in [-0.3, -0.25) is 9.36 Å². The predicted octanol–water partition coefficient (Wildman–Crippen LogP) is 8.39. The minimum Gasteiger partial charge on any atom is -0.465 e. The van der Waals surface area contributed by atoms with Crippen molar-refractivity contribution in [1.29, 1.82) is 0 Å². The maximum Gasteiger partial charge on any atom is 0.338 e. The van der Waals surface area contributed by atoms with Crippen LogP contribution in [0.3, 0.4) is 0 Å². The standard InChI is InChI=1S/C21H21N3O3.C19H18BrN3O/c1-13-11-19(24(3)22-13)21(2)12-18(23-27-21)16-9-10-17(20(25)26-4)15-8-6-5-7-14(15)16;1-12-10-18(23(3)21-12)19(2)11-17(22-24-19)15-8-9-16(20)14-7-5-4-6-13(14)15/h5-11H,12H2,1-4H3;4-10H,11H2,1-3H3. The van der Waals surface area contributed by atoms with Gasteiger partial charge in [0.15, 0.2) is 11.2 Å². The van der Waals surface area contributed by atoms with E-state index < -0.39 is 11.2 Å². The Morgan fingerprint density at radius 2 is 1.16 bits per heavy atom. The zero-order valence-electron chi connectivity index (χ0n) is 29.7. The van der Waals surface area contributed by atoms with E-state index in [2.05, 4.69) is 79.8 Å². The molecule has 2 atom stereocenters. The summed E-state index contributed by atoms with van der Waals surface area (Å²) in [5.74, 6) is -0.349. The van der Waals surface area contributed by atoms with Crippen LogP contribution in [0.1, 0.15) is 70.9 Å². The van der Waals surface area contributed by atoms with Crippen molar-refractivity contribution in [1.82, 2.24) is 19.6 Å². The van der Waals surface area contributed by atoms with Crippen molar-refractivity contribution in [2.24, 2.45) is 24.4 Å². The summed E-state index contributed by atoms with van der Waals surface area (Å²) in [6.45, 7) is 8.04. The number of carbonyl (C=O) groups is 1. The maximum atomic E-state index is 12.1. The highest BCUT2D eigenvalue weighted by molar-refractivity contribution is 9.10.